The first kappa shape index (κ1) is 25.0. The van der Waals surface area contributed by atoms with Crippen LogP contribution in [0.25, 0.3) is 0 Å². The molecule has 34 heavy (non-hydrogen) atoms. The topological polar surface area (TPSA) is 88.0 Å². The predicted molar refractivity (Wildman–Crippen MR) is 134 cm³/mol. The summed E-state index contributed by atoms with van der Waals surface area (Å²) < 4.78 is 12.0. The van der Waals surface area contributed by atoms with Crippen LogP contribution in [0.15, 0.2) is 41.3 Å². The summed E-state index contributed by atoms with van der Waals surface area (Å²) in [4.78, 5) is 12.8. The lowest BCUT2D eigenvalue weighted by Crippen LogP contribution is -2.46. The molecule has 3 N–H and O–H groups in total. The van der Waals surface area contributed by atoms with Crippen LogP contribution in [0.1, 0.15) is 55.0 Å². The molecule has 1 heterocycles. The number of nitrogens with one attached hydrogen (secondary N) is 1. The van der Waals surface area contributed by atoms with Crippen molar-refractivity contribution < 1.29 is 24.5 Å². The van der Waals surface area contributed by atoms with Gasteiger partial charge in [-0.15, -0.1) is 11.8 Å². The first-order valence-electron chi connectivity index (χ1n) is 11.8. The molecule has 0 spiro atoms. The Morgan fingerprint density at radius 1 is 1.24 bits per heavy atom. The summed E-state index contributed by atoms with van der Waals surface area (Å²) in [5, 5.41) is 23.5. The number of β-amino-alcohol motifs (C(OH)–C–C–N with tert-alkyl or cyclic N) is 1. The van der Waals surface area contributed by atoms with Crippen molar-refractivity contribution in [3.8, 4) is 5.75 Å². The van der Waals surface area contributed by atoms with E-state index in [1.54, 1.807) is 11.8 Å². The Kier molecular flexibility index (Phi) is 7.29. The van der Waals surface area contributed by atoms with Crippen LogP contribution >= 0.6 is 11.8 Å². The zero-order valence-electron chi connectivity index (χ0n) is 20.5. The summed E-state index contributed by atoms with van der Waals surface area (Å²) in [5.74, 6) is -0.596. The van der Waals surface area contributed by atoms with Gasteiger partial charge < -0.3 is 25.0 Å². The van der Waals surface area contributed by atoms with E-state index in [-0.39, 0.29) is 30.3 Å². The van der Waals surface area contributed by atoms with E-state index in [2.05, 4.69) is 49.7 Å². The smallest absolute Gasteiger partial charge is 0.311 e. The Bertz CT molecular complexity index is 1040. The number of rotatable bonds is 11. The molecule has 0 saturated heterocycles. The summed E-state index contributed by atoms with van der Waals surface area (Å²) in [6.45, 7) is 8.79. The number of aryl methyl sites for hydroxylation is 1. The number of aliphatic hydroxyl groups excluding tert-OH is 1. The van der Waals surface area contributed by atoms with E-state index < -0.39 is 18.0 Å². The van der Waals surface area contributed by atoms with Gasteiger partial charge >= 0.3 is 5.97 Å². The second-order valence-electron chi connectivity index (χ2n) is 10.1. The lowest BCUT2D eigenvalue weighted by Gasteiger charge is -2.28. The van der Waals surface area contributed by atoms with E-state index in [0.29, 0.717) is 6.54 Å². The van der Waals surface area contributed by atoms with Crippen molar-refractivity contribution >= 4 is 17.7 Å². The molecule has 1 aliphatic heterocycles. The van der Waals surface area contributed by atoms with Crippen LogP contribution in [-0.4, -0.2) is 53.3 Å². The van der Waals surface area contributed by atoms with Crippen molar-refractivity contribution in [2.75, 3.05) is 19.4 Å². The molecule has 1 aliphatic carbocycles. The third-order valence-electron chi connectivity index (χ3n) is 6.85. The SMILES string of the molecule is CSc1ccc(CC(C)(C)NC[C@@H](O)CO[C@H](C)c2ccc(C)c3c2[C@@H]2[C@H](O3)[C@H]2C(=O)O)cc1. The first-order chi connectivity index (χ1) is 16.1. The number of fused-ring (bicyclic) bond motifs is 3. The van der Waals surface area contributed by atoms with Crippen LogP contribution in [-0.2, 0) is 16.0 Å². The predicted octanol–water partition coefficient (Wildman–Crippen LogP) is 4.33. The number of hydrogen-bond acceptors (Lipinski definition) is 6. The minimum Gasteiger partial charge on any atom is -0.488 e. The lowest BCUT2D eigenvalue weighted by atomic mass is 9.94. The Balaban J connectivity index is 1.30. The monoisotopic (exact) mass is 485 g/mol. The second kappa shape index (κ2) is 9.90. The van der Waals surface area contributed by atoms with E-state index >= 15 is 0 Å². The van der Waals surface area contributed by atoms with Gasteiger partial charge in [0.1, 0.15) is 17.8 Å². The molecule has 2 aliphatic rings. The van der Waals surface area contributed by atoms with Gasteiger partial charge in [0.2, 0.25) is 0 Å². The number of ether oxygens (including phenoxy) is 2. The fourth-order valence-corrected chi connectivity index (χ4v) is 5.30. The average molecular weight is 486 g/mol. The van der Waals surface area contributed by atoms with Gasteiger partial charge in [0.15, 0.2) is 0 Å². The minimum absolute atomic E-state index is 0.106. The third kappa shape index (κ3) is 5.28. The maximum absolute atomic E-state index is 11.5. The van der Waals surface area contributed by atoms with Crippen molar-refractivity contribution in [2.24, 2.45) is 5.92 Å². The Labute approximate surface area is 206 Å². The van der Waals surface area contributed by atoms with Crippen LogP contribution in [0.4, 0.5) is 0 Å². The lowest BCUT2D eigenvalue weighted by molar-refractivity contribution is -0.139. The fraction of sp³-hybridized carbons (Fsp3) is 0.519. The van der Waals surface area contributed by atoms with Crippen LogP contribution in [0.2, 0.25) is 0 Å². The van der Waals surface area contributed by atoms with Gasteiger partial charge in [-0.2, -0.15) is 0 Å². The fourth-order valence-electron chi connectivity index (χ4n) is 4.90. The largest absolute Gasteiger partial charge is 0.488 e. The van der Waals surface area contributed by atoms with E-state index in [1.165, 1.54) is 10.5 Å². The van der Waals surface area contributed by atoms with Gasteiger partial charge in [0.05, 0.1) is 18.8 Å². The van der Waals surface area contributed by atoms with Crippen molar-refractivity contribution in [3.05, 3.63) is 58.7 Å². The summed E-state index contributed by atoms with van der Waals surface area (Å²) in [5.41, 5.74) is 4.01. The zero-order chi connectivity index (χ0) is 24.6. The van der Waals surface area contributed by atoms with Crippen molar-refractivity contribution in [1.82, 2.24) is 5.32 Å². The molecule has 184 valence electrons. The molecule has 0 unspecified atom stereocenters. The molecule has 4 rings (SSSR count). The molecule has 0 aromatic heterocycles. The Morgan fingerprint density at radius 2 is 1.94 bits per heavy atom. The minimum atomic E-state index is -0.814. The molecular formula is C27H35NO5S. The van der Waals surface area contributed by atoms with E-state index in [0.717, 1.165) is 28.9 Å². The van der Waals surface area contributed by atoms with E-state index in [4.69, 9.17) is 9.47 Å². The van der Waals surface area contributed by atoms with Gasteiger partial charge in [0, 0.05) is 28.5 Å². The highest BCUT2D eigenvalue weighted by molar-refractivity contribution is 7.98. The molecule has 0 amide bonds. The third-order valence-corrected chi connectivity index (χ3v) is 7.59. The van der Waals surface area contributed by atoms with Crippen LogP contribution in [0.3, 0.4) is 0 Å². The molecule has 7 heteroatoms. The zero-order valence-corrected chi connectivity index (χ0v) is 21.3. The summed E-state index contributed by atoms with van der Waals surface area (Å²) >= 11 is 1.73. The normalized spacial score (nSPS) is 22.5. The standard InChI is InChI=1S/C27H35NO5S/c1-15-6-11-20(21-22-23(26(30)31)25(22)33-24(15)21)16(2)32-14-18(29)13-28-27(3,4)12-17-7-9-19(34-5)10-8-17/h6-11,16,18,22-23,25,28-29H,12-14H2,1-5H3,(H,30,31)/t16-,18-,22+,23+,25+/m1/s1. The number of aliphatic carboxylic acids is 1. The van der Waals surface area contributed by atoms with E-state index in [1.807, 2.05) is 26.0 Å². The van der Waals surface area contributed by atoms with Crippen LogP contribution in [0, 0.1) is 12.8 Å². The maximum atomic E-state index is 11.5. The molecule has 1 saturated carbocycles. The number of carbonyl (C=O) groups is 1. The number of hydrogen-bond donors (Lipinski definition) is 3. The Morgan fingerprint density at radius 3 is 2.59 bits per heavy atom. The van der Waals surface area contributed by atoms with Gasteiger partial charge in [-0.25, -0.2) is 0 Å². The second-order valence-corrected chi connectivity index (χ2v) is 11.0. The van der Waals surface area contributed by atoms with E-state index in [9.17, 15) is 15.0 Å². The quantitative estimate of drug-likeness (QED) is 0.409. The number of thioether (sulfide) groups is 1. The molecule has 2 aromatic rings. The summed E-state index contributed by atoms with van der Waals surface area (Å²) in [6.07, 6.45) is 1.72. The molecular weight excluding hydrogens is 450 g/mol. The highest BCUT2D eigenvalue weighted by atomic mass is 32.2. The Hall–Kier alpha value is -2.06. The van der Waals surface area contributed by atoms with Crippen LogP contribution < -0.4 is 10.1 Å². The highest BCUT2D eigenvalue weighted by Gasteiger charge is 2.64. The molecule has 6 nitrogen and oxygen atoms in total. The van der Waals surface area contributed by atoms with Crippen LogP contribution in [0.5, 0.6) is 5.75 Å². The maximum Gasteiger partial charge on any atom is 0.311 e. The van der Waals surface area contributed by atoms with Crippen molar-refractivity contribution in [2.45, 2.75) is 68.8 Å². The summed E-state index contributed by atoms with van der Waals surface area (Å²) in [7, 11) is 0. The number of carboxylic acids is 1. The average Bonchev–Trinajstić information content (AvgIpc) is 3.38. The molecule has 0 radical (unpaired) electrons. The number of benzene rings is 2. The van der Waals surface area contributed by atoms with Crippen molar-refractivity contribution in [1.29, 1.82) is 0 Å². The highest BCUT2D eigenvalue weighted by Crippen LogP contribution is 2.61. The molecule has 5 atom stereocenters. The van der Waals surface area contributed by atoms with Gasteiger partial charge in [-0.3, -0.25) is 4.79 Å². The van der Waals surface area contributed by atoms with Gasteiger partial charge in [-0.05, 0) is 69.2 Å². The number of aliphatic hydroxyl groups is 1. The van der Waals surface area contributed by atoms with Crippen molar-refractivity contribution in [3.63, 3.8) is 0 Å². The van der Waals surface area contributed by atoms with Gasteiger partial charge in [0.25, 0.3) is 0 Å². The van der Waals surface area contributed by atoms with Gasteiger partial charge in [-0.1, -0.05) is 24.3 Å². The molecule has 0 bridgehead atoms. The first-order valence-corrected chi connectivity index (χ1v) is 13.0. The summed E-state index contributed by atoms with van der Waals surface area (Å²) in [6, 6.07) is 12.6. The molecule has 1 fully saturated rings. The molecule has 2 aromatic carbocycles. The number of carboxylic acid groups (broad SMARTS) is 1.